The number of nitrogens with one attached hydrogen (secondary N) is 2. The average Bonchev–Trinajstić information content (AvgIpc) is 3.51. The van der Waals surface area contributed by atoms with Crippen LogP contribution in [0.1, 0.15) is 52.9 Å². The number of rotatable bonds is 6. The van der Waals surface area contributed by atoms with Crippen LogP contribution in [-0.4, -0.2) is 17.4 Å². The van der Waals surface area contributed by atoms with Crippen molar-refractivity contribution in [2.75, 3.05) is 11.9 Å². The summed E-state index contributed by atoms with van der Waals surface area (Å²) in [7, 11) is 0. The summed E-state index contributed by atoms with van der Waals surface area (Å²) in [6, 6.07) is 16.1. The van der Waals surface area contributed by atoms with E-state index in [9.17, 15) is 4.79 Å². The Morgan fingerprint density at radius 1 is 1.10 bits per heavy atom. The molecule has 1 fully saturated rings. The van der Waals surface area contributed by atoms with Crippen LogP contribution in [0.4, 0.5) is 5.69 Å². The summed E-state index contributed by atoms with van der Waals surface area (Å²) in [6.45, 7) is 5.74. The minimum absolute atomic E-state index is 0. The van der Waals surface area contributed by atoms with E-state index in [0.29, 0.717) is 11.5 Å². The maximum absolute atomic E-state index is 13.2. The minimum atomic E-state index is -0.0705. The number of aromatic nitrogens is 1. The van der Waals surface area contributed by atoms with Gasteiger partial charge in [-0.2, -0.15) is 0 Å². The fraction of sp³-hybridized carbons (Fsp3) is 0.304. The van der Waals surface area contributed by atoms with Crippen LogP contribution < -0.4 is 10.6 Å². The SMILES string of the molecule is CCNCc1ccccc1NC(=O)c1cc(C2CC2)nc2ccc(C)cc12.Cl.Cl. The van der Waals surface area contributed by atoms with E-state index in [1.54, 1.807) is 0 Å². The van der Waals surface area contributed by atoms with Gasteiger partial charge in [0, 0.05) is 29.2 Å². The predicted molar refractivity (Wildman–Crippen MR) is 125 cm³/mol. The standard InChI is InChI=1S/C23H25N3O.2ClH/c1-3-24-14-17-6-4-5-7-20(17)26-23(27)19-13-22(16-9-10-16)25-21-11-8-15(2)12-18(19)21;;/h4-8,11-13,16,24H,3,9-10,14H2,1-2H3,(H,26,27);2*1H. The Hall–Kier alpha value is -2.14. The predicted octanol–water partition coefficient (Wildman–Crippen LogP) is 5.63. The first-order valence-electron chi connectivity index (χ1n) is 9.67. The second kappa shape index (κ2) is 10.1. The van der Waals surface area contributed by atoms with Crippen LogP contribution in [0.5, 0.6) is 0 Å². The van der Waals surface area contributed by atoms with Crippen molar-refractivity contribution in [3.8, 4) is 0 Å². The number of halogens is 2. The van der Waals surface area contributed by atoms with Gasteiger partial charge < -0.3 is 10.6 Å². The summed E-state index contributed by atoms with van der Waals surface area (Å²) in [4.78, 5) is 18.0. The third kappa shape index (κ3) is 5.27. The second-order valence-corrected chi connectivity index (χ2v) is 7.28. The van der Waals surface area contributed by atoms with E-state index in [4.69, 9.17) is 4.98 Å². The summed E-state index contributed by atoms with van der Waals surface area (Å²) in [5, 5.41) is 7.37. The first-order valence-corrected chi connectivity index (χ1v) is 9.67. The van der Waals surface area contributed by atoms with Crippen molar-refractivity contribution in [3.05, 3.63) is 70.9 Å². The highest BCUT2D eigenvalue weighted by molar-refractivity contribution is 6.12. The van der Waals surface area contributed by atoms with Crippen LogP contribution >= 0.6 is 24.8 Å². The quantitative estimate of drug-likeness (QED) is 0.531. The van der Waals surface area contributed by atoms with Crippen LogP contribution in [0.2, 0.25) is 0 Å². The number of pyridine rings is 1. The zero-order valence-corrected chi connectivity index (χ0v) is 18.3. The van der Waals surface area contributed by atoms with Gasteiger partial charge in [-0.1, -0.05) is 36.8 Å². The molecule has 1 aliphatic rings. The zero-order chi connectivity index (χ0) is 18.8. The van der Waals surface area contributed by atoms with Gasteiger partial charge in [0.05, 0.1) is 11.1 Å². The van der Waals surface area contributed by atoms with E-state index in [1.807, 2.05) is 43.3 Å². The number of carbonyl (C=O) groups excluding carboxylic acids is 1. The molecule has 0 atom stereocenters. The summed E-state index contributed by atoms with van der Waals surface area (Å²) in [5.41, 5.74) is 5.72. The van der Waals surface area contributed by atoms with Crippen LogP contribution in [0, 0.1) is 6.92 Å². The first kappa shape index (κ1) is 23.1. The highest BCUT2D eigenvalue weighted by atomic mass is 35.5. The van der Waals surface area contributed by atoms with E-state index in [2.05, 4.69) is 29.7 Å². The number of fused-ring (bicyclic) bond motifs is 1. The lowest BCUT2D eigenvalue weighted by Gasteiger charge is -2.14. The van der Waals surface area contributed by atoms with Crippen molar-refractivity contribution in [1.29, 1.82) is 0 Å². The number of carbonyl (C=O) groups is 1. The van der Waals surface area contributed by atoms with Crippen molar-refractivity contribution < 1.29 is 4.79 Å². The Bertz CT molecular complexity index is 1000. The number of nitrogens with zero attached hydrogens (tertiary/aromatic N) is 1. The fourth-order valence-corrected chi connectivity index (χ4v) is 3.38. The lowest BCUT2D eigenvalue weighted by Crippen LogP contribution is -2.17. The molecule has 2 aromatic carbocycles. The zero-order valence-electron chi connectivity index (χ0n) is 16.7. The molecule has 0 bridgehead atoms. The molecule has 1 saturated carbocycles. The molecule has 0 aliphatic heterocycles. The number of benzene rings is 2. The lowest BCUT2D eigenvalue weighted by molar-refractivity contribution is 0.102. The smallest absolute Gasteiger partial charge is 0.256 e. The number of para-hydroxylation sites is 1. The lowest BCUT2D eigenvalue weighted by atomic mass is 10.0. The first-order chi connectivity index (χ1) is 13.2. The van der Waals surface area contributed by atoms with Gasteiger partial charge in [0.25, 0.3) is 5.91 Å². The molecule has 0 spiro atoms. The molecule has 0 saturated heterocycles. The summed E-state index contributed by atoms with van der Waals surface area (Å²) < 4.78 is 0. The van der Waals surface area contributed by atoms with Gasteiger partial charge >= 0.3 is 0 Å². The van der Waals surface area contributed by atoms with Gasteiger partial charge in [0.15, 0.2) is 0 Å². The minimum Gasteiger partial charge on any atom is -0.322 e. The number of anilines is 1. The van der Waals surface area contributed by atoms with E-state index >= 15 is 0 Å². The van der Waals surface area contributed by atoms with Crippen LogP contribution in [0.15, 0.2) is 48.5 Å². The second-order valence-electron chi connectivity index (χ2n) is 7.28. The average molecular weight is 432 g/mol. The third-order valence-corrected chi connectivity index (χ3v) is 5.06. The molecule has 1 aliphatic carbocycles. The van der Waals surface area contributed by atoms with Crippen LogP contribution in [0.25, 0.3) is 10.9 Å². The van der Waals surface area contributed by atoms with Crippen molar-refractivity contribution >= 4 is 47.3 Å². The normalized spacial score (nSPS) is 12.8. The third-order valence-electron chi connectivity index (χ3n) is 5.06. The molecule has 2 N–H and O–H groups in total. The molecule has 3 aromatic rings. The topological polar surface area (TPSA) is 54.0 Å². The van der Waals surface area contributed by atoms with Crippen molar-refractivity contribution in [1.82, 2.24) is 10.3 Å². The van der Waals surface area contributed by atoms with Gasteiger partial charge in [-0.3, -0.25) is 9.78 Å². The number of hydrogen-bond donors (Lipinski definition) is 2. The molecule has 1 heterocycles. The Morgan fingerprint density at radius 3 is 2.59 bits per heavy atom. The Morgan fingerprint density at radius 2 is 1.86 bits per heavy atom. The van der Waals surface area contributed by atoms with Crippen LogP contribution in [0.3, 0.4) is 0 Å². The summed E-state index contributed by atoms with van der Waals surface area (Å²) in [6.07, 6.45) is 2.33. The van der Waals surface area contributed by atoms with Gasteiger partial charge in [0.1, 0.15) is 0 Å². The van der Waals surface area contributed by atoms with Crippen molar-refractivity contribution in [2.24, 2.45) is 0 Å². The molecule has 0 unspecified atom stereocenters. The van der Waals surface area contributed by atoms with Crippen LogP contribution in [-0.2, 0) is 6.54 Å². The maximum atomic E-state index is 13.2. The molecular formula is C23H27Cl2N3O. The largest absolute Gasteiger partial charge is 0.322 e. The van der Waals surface area contributed by atoms with Gasteiger partial charge in [0.2, 0.25) is 0 Å². The van der Waals surface area contributed by atoms with Crippen molar-refractivity contribution in [3.63, 3.8) is 0 Å². The molecule has 0 radical (unpaired) electrons. The summed E-state index contributed by atoms with van der Waals surface area (Å²) in [5.74, 6) is 0.433. The molecular weight excluding hydrogens is 405 g/mol. The van der Waals surface area contributed by atoms with Crippen molar-refractivity contribution in [2.45, 2.75) is 39.2 Å². The number of hydrogen-bond acceptors (Lipinski definition) is 3. The Balaban J connectivity index is 0.00000150. The molecule has 154 valence electrons. The van der Waals surface area contributed by atoms with Gasteiger partial charge in [-0.25, -0.2) is 0 Å². The Kier molecular flexibility index (Phi) is 8.03. The molecule has 4 rings (SSSR count). The monoisotopic (exact) mass is 431 g/mol. The number of aryl methyl sites for hydroxylation is 1. The molecule has 6 heteroatoms. The maximum Gasteiger partial charge on any atom is 0.256 e. The fourth-order valence-electron chi connectivity index (χ4n) is 3.38. The van der Waals surface area contributed by atoms with E-state index in [-0.39, 0.29) is 30.7 Å². The molecule has 1 amide bonds. The van der Waals surface area contributed by atoms with E-state index in [1.165, 1.54) is 0 Å². The summed E-state index contributed by atoms with van der Waals surface area (Å²) >= 11 is 0. The molecule has 29 heavy (non-hydrogen) atoms. The van der Waals surface area contributed by atoms with E-state index in [0.717, 1.165) is 59.3 Å². The van der Waals surface area contributed by atoms with E-state index < -0.39 is 0 Å². The highest BCUT2D eigenvalue weighted by Gasteiger charge is 2.27. The highest BCUT2D eigenvalue weighted by Crippen LogP contribution is 2.40. The molecule has 1 aromatic heterocycles. The Labute approximate surface area is 184 Å². The molecule has 4 nitrogen and oxygen atoms in total. The van der Waals surface area contributed by atoms with Gasteiger partial charge in [-0.05, 0) is 56.1 Å². The number of amides is 1. The van der Waals surface area contributed by atoms with Gasteiger partial charge in [-0.15, -0.1) is 24.8 Å².